The van der Waals surface area contributed by atoms with Crippen molar-refractivity contribution < 1.29 is 4.79 Å². The molecule has 1 fully saturated rings. The highest BCUT2D eigenvalue weighted by Gasteiger charge is 2.13. The number of unbranched alkanes of at least 4 members (excludes halogenated alkanes) is 2. The van der Waals surface area contributed by atoms with E-state index in [2.05, 4.69) is 12.2 Å². The van der Waals surface area contributed by atoms with Gasteiger partial charge in [-0.15, -0.1) is 0 Å². The molecule has 0 saturated carbocycles. The number of ketones is 1. The summed E-state index contributed by atoms with van der Waals surface area (Å²) in [6.07, 6.45) is 10.1. The van der Waals surface area contributed by atoms with Crippen molar-refractivity contribution in [3.8, 4) is 0 Å². The van der Waals surface area contributed by atoms with Crippen LogP contribution in [-0.2, 0) is 4.79 Å². The minimum absolute atomic E-state index is 0.468. The van der Waals surface area contributed by atoms with Crippen LogP contribution in [0.3, 0.4) is 0 Å². The molecular weight excluding hydrogens is 186 g/mol. The molecule has 2 nitrogen and oxygen atoms in total. The fourth-order valence-electron chi connectivity index (χ4n) is 2.20. The fraction of sp³-hybridized carbons (Fsp3) is 0.923. The summed E-state index contributed by atoms with van der Waals surface area (Å²) >= 11 is 0. The number of rotatable bonds is 7. The first-order valence-corrected chi connectivity index (χ1v) is 6.58. The molecule has 1 heterocycles. The molecule has 1 atom stereocenters. The normalized spacial score (nSPS) is 21.5. The van der Waals surface area contributed by atoms with Gasteiger partial charge in [0.25, 0.3) is 0 Å². The molecule has 0 spiro atoms. The van der Waals surface area contributed by atoms with Crippen LogP contribution in [0.5, 0.6) is 0 Å². The second-order valence-corrected chi connectivity index (χ2v) is 4.68. The van der Waals surface area contributed by atoms with Crippen LogP contribution >= 0.6 is 0 Å². The monoisotopic (exact) mass is 211 g/mol. The van der Waals surface area contributed by atoms with Crippen molar-refractivity contribution >= 4 is 5.78 Å². The lowest BCUT2D eigenvalue weighted by atomic mass is 9.98. The van der Waals surface area contributed by atoms with Crippen LogP contribution < -0.4 is 5.32 Å². The highest BCUT2D eigenvalue weighted by Crippen LogP contribution is 2.13. The van der Waals surface area contributed by atoms with Gasteiger partial charge in [-0.1, -0.05) is 26.2 Å². The van der Waals surface area contributed by atoms with E-state index in [1.54, 1.807) is 0 Å². The first-order valence-electron chi connectivity index (χ1n) is 6.58. The summed E-state index contributed by atoms with van der Waals surface area (Å²) in [5, 5.41) is 3.49. The zero-order valence-electron chi connectivity index (χ0n) is 10.1. The third-order valence-electron chi connectivity index (χ3n) is 3.24. The number of piperidine rings is 1. The van der Waals surface area contributed by atoms with E-state index in [1.807, 2.05) is 0 Å². The van der Waals surface area contributed by atoms with Gasteiger partial charge in [0, 0.05) is 18.9 Å². The molecule has 1 saturated heterocycles. The topological polar surface area (TPSA) is 29.1 Å². The maximum Gasteiger partial charge on any atom is 0.132 e. The fourth-order valence-corrected chi connectivity index (χ4v) is 2.20. The van der Waals surface area contributed by atoms with Gasteiger partial charge in [-0.3, -0.25) is 4.79 Å². The van der Waals surface area contributed by atoms with Crippen LogP contribution in [0.15, 0.2) is 0 Å². The van der Waals surface area contributed by atoms with E-state index in [0.29, 0.717) is 11.8 Å². The van der Waals surface area contributed by atoms with Gasteiger partial charge in [0.2, 0.25) is 0 Å². The number of nitrogens with one attached hydrogen (secondary N) is 1. The number of hydrogen-bond acceptors (Lipinski definition) is 2. The highest BCUT2D eigenvalue weighted by atomic mass is 16.1. The smallest absolute Gasteiger partial charge is 0.132 e. The Morgan fingerprint density at radius 3 is 2.80 bits per heavy atom. The number of carbonyl (C=O) groups excluding carboxylic acids is 1. The summed E-state index contributed by atoms with van der Waals surface area (Å²) in [6, 6.07) is 0.619. The minimum atomic E-state index is 0.468. The van der Waals surface area contributed by atoms with Gasteiger partial charge in [-0.05, 0) is 32.2 Å². The molecule has 0 radical (unpaired) electrons. The van der Waals surface area contributed by atoms with Gasteiger partial charge in [-0.2, -0.15) is 0 Å². The first kappa shape index (κ1) is 12.7. The Balaban J connectivity index is 2.00. The molecule has 0 amide bonds. The summed E-state index contributed by atoms with van der Waals surface area (Å²) in [5.41, 5.74) is 0. The van der Waals surface area contributed by atoms with Crippen molar-refractivity contribution in [2.24, 2.45) is 0 Å². The Bertz CT molecular complexity index is 173. The van der Waals surface area contributed by atoms with Gasteiger partial charge >= 0.3 is 0 Å². The van der Waals surface area contributed by atoms with Crippen LogP contribution in [0, 0.1) is 0 Å². The molecular formula is C13H25NO. The van der Waals surface area contributed by atoms with Crippen LogP contribution in [0.4, 0.5) is 0 Å². The third kappa shape index (κ3) is 5.93. The first-order chi connectivity index (χ1) is 7.33. The van der Waals surface area contributed by atoms with Crippen LogP contribution in [0.2, 0.25) is 0 Å². The van der Waals surface area contributed by atoms with Crippen molar-refractivity contribution in [1.82, 2.24) is 5.32 Å². The SMILES string of the molecule is CCCCCC(=O)CCC1CCCCN1. The zero-order valence-corrected chi connectivity index (χ0v) is 10.1. The van der Waals surface area contributed by atoms with Crippen LogP contribution in [-0.4, -0.2) is 18.4 Å². The second-order valence-electron chi connectivity index (χ2n) is 4.68. The number of Topliss-reactive ketones (excluding diaryl/α,β-unsaturated/α-hetero) is 1. The number of hydrogen-bond donors (Lipinski definition) is 1. The molecule has 88 valence electrons. The molecule has 1 rings (SSSR count). The maximum absolute atomic E-state index is 11.5. The van der Waals surface area contributed by atoms with Crippen molar-refractivity contribution in [2.45, 2.75) is 70.8 Å². The average molecular weight is 211 g/mol. The molecule has 1 aliphatic heterocycles. The zero-order chi connectivity index (χ0) is 10.9. The van der Waals surface area contributed by atoms with E-state index in [-0.39, 0.29) is 0 Å². The molecule has 1 unspecified atom stereocenters. The molecule has 2 heteroatoms. The summed E-state index contributed by atoms with van der Waals surface area (Å²) < 4.78 is 0. The standard InChI is InChI=1S/C13H25NO/c1-2-3-4-8-13(15)10-9-12-7-5-6-11-14-12/h12,14H,2-11H2,1H3. The third-order valence-corrected chi connectivity index (χ3v) is 3.24. The molecule has 15 heavy (non-hydrogen) atoms. The van der Waals surface area contributed by atoms with E-state index in [9.17, 15) is 4.79 Å². The Morgan fingerprint density at radius 1 is 1.27 bits per heavy atom. The van der Waals surface area contributed by atoms with Crippen molar-refractivity contribution in [2.75, 3.05) is 6.54 Å². The Hall–Kier alpha value is -0.370. The molecule has 0 aromatic rings. The Kier molecular flexibility index (Phi) is 6.66. The highest BCUT2D eigenvalue weighted by molar-refractivity contribution is 5.78. The van der Waals surface area contributed by atoms with Gasteiger partial charge in [0.15, 0.2) is 0 Å². The molecule has 0 aromatic carbocycles. The second kappa shape index (κ2) is 7.86. The predicted octanol–water partition coefficient (Wildman–Crippen LogP) is 3.06. The lowest BCUT2D eigenvalue weighted by molar-refractivity contribution is -0.119. The summed E-state index contributed by atoms with van der Waals surface area (Å²) in [6.45, 7) is 3.32. The Morgan fingerprint density at radius 2 is 2.13 bits per heavy atom. The molecule has 0 bridgehead atoms. The van der Waals surface area contributed by atoms with Gasteiger partial charge < -0.3 is 5.32 Å². The Labute approximate surface area is 93.8 Å². The lowest BCUT2D eigenvalue weighted by Gasteiger charge is -2.22. The van der Waals surface area contributed by atoms with E-state index < -0.39 is 0 Å². The summed E-state index contributed by atoms with van der Waals surface area (Å²) in [4.78, 5) is 11.5. The summed E-state index contributed by atoms with van der Waals surface area (Å²) in [7, 11) is 0. The minimum Gasteiger partial charge on any atom is -0.314 e. The largest absolute Gasteiger partial charge is 0.314 e. The molecule has 1 aliphatic rings. The average Bonchev–Trinajstić information content (AvgIpc) is 2.28. The quantitative estimate of drug-likeness (QED) is 0.656. The molecule has 1 N–H and O–H groups in total. The van der Waals surface area contributed by atoms with Gasteiger partial charge in [0.05, 0.1) is 0 Å². The molecule has 0 aliphatic carbocycles. The maximum atomic E-state index is 11.5. The number of carbonyl (C=O) groups is 1. The van der Waals surface area contributed by atoms with Crippen molar-refractivity contribution in [3.63, 3.8) is 0 Å². The van der Waals surface area contributed by atoms with E-state index in [1.165, 1.54) is 32.1 Å². The van der Waals surface area contributed by atoms with Crippen molar-refractivity contribution in [1.29, 1.82) is 0 Å². The van der Waals surface area contributed by atoms with Crippen LogP contribution in [0.25, 0.3) is 0 Å². The van der Waals surface area contributed by atoms with Gasteiger partial charge in [-0.25, -0.2) is 0 Å². The van der Waals surface area contributed by atoms with Crippen molar-refractivity contribution in [3.05, 3.63) is 0 Å². The lowest BCUT2D eigenvalue weighted by Crippen LogP contribution is -2.34. The van der Waals surface area contributed by atoms with E-state index in [0.717, 1.165) is 32.2 Å². The molecule has 0 aromatic heterocycles. The predicted molar refractivity (Wildman–Crippen MR) is 64.0 cm³/mol. The van der Waals surface area contributed by atoms with Gasteiger partial charge in [0.1, 0.15) is 5.78 Å². The van der Waals surface area contributed by atoms with E-state index in [4.69, 9.17) is 0 Å². The van der Waals surface area contributed by atoms with Crippen LogP contribution in [0.1, 0.15) is 64.7 Å². The van der Waals surface area contributed by atoms with E-state index >= 15 is 0 Å². The summed E-state index contributed by atoms with van der Waals surface area (Å²) in [5.74, 6) is 0.468.